The Kier molecular flexibility index (Phi) is 19.1. The molecule has 0 bridgehead atoms. The van der Waals surface area contributed by atoms with E-state index in [1.54, 1.807) is 12.3 Å². The number of nitro benzene ring substituents is 1. The van der Waals surface area contributed by atoms with Gasteiger partial charge in [0.05, 0.1) is 35.8 Å². The summed E-state index contributed by atoms with van der Waals surface area (Å²) >= 11 is 18.3. The largest absolute Gasteiger partial charge is 0.503 e. The molecule has 1 fully saturated rings. The molecule has 0 spiro atoms. The Balaban J connectivity index is 0.000000130. The number of nitrogens with zero attached hydrogens (tertiary/aromatic N) is 9. The fraction of sp³-hybridized carbons (Fsp3) is 0.323. The van der Waals surface area contributed by atoms with Gasteiger partial charge < -0.3 is 38.7 Å². The van der Waals surface area contributed by atoms with Crippen LogP contribution in [0.2, 0.25) is 15.1 Å². The summed E-state index contributed by atoms with van der Waals surface area (Å²) < 4.78 is 21.1. The summed E-state index contributed by atoms with van der Waals surface area (Å²) in [5, 5.41) is 50.2. The van der Waals surface area contributed by atoms with Gasteiger partial charge in [0.25, 0.3) is 5.69 Å². The summed E-state index contributed by atoms with van der Waals surface area (Å²) in [5.41, 5.74) is 5.90. The van der Waals surface area contributed by atoms with Crippen LogP contribution in [-0.2, 0) is 71.0 Å². The molecule has 1 atom stereocenters. The quantitative estimate of drug-likeness (QED) is 0.0739. The van der Waals surface area contributed by atoms with Gasteiger partial charge >= 0.3 is 0 Å². The third-order valence-electron chi connectivity index (χ3n) is 17.0. The molecule has 8 heterocycles. The number of pyridine rings is 4. The van der Waals surface area contributed by atoms with E-state index < -0.39 is 17.0 Å². The zero-order valence-corrected chi connectivity index (χ0v) is 50.8. The van der Waals surface area contributed by atoms with E-state index in [1.807, 2.05) is 88.7 Å². The summed E-state index contributed by atoms with van der Waals surface area (Å²) in [5.74, 6) is -0.864. The lowest BCUT2D eigenvalue weighted by Crippen LogP contribution is -2.50. The van der Waals surface area contributed by atoms with Crippen molar-refractivity contribution in [1.82, 2.24) is 37.9 Å². The van der Waals surface area contributed by atoms with Crippen LogP contribution in [0.15, 0.2) is 165 Å². The Morgan fingerprint density at radius 1 is 0.545 bits per heavy atom. The Hall–Kier alpha value is -8.08. The van der Waals surface area contributed by atoms with E-state index in [0.717, 1.165) is 65.1 Å². The first-order valence-corrected chi connectivity index (χ1v) is 29.9. The fourth-order valence-electron chi connectivity index (χ4n) is 11.9. The average molecular weight is 1260 g/mol. The van der Waals surface area contributed by atoms with Crippen LogP contribution in [0.1, 0.15) is 77.8 Å². The minimum Gasteiger partial charge on any atom is -0.503 e. The summed E-state index contributed by atoms with van der Waals surface area (Å²) in [6, 6.07) is 36.4. The van der Waals surface area contributed by atoms with Crippen LogP contribution < -0.4 is 21.7 Å². The lowest BCUT2D eigenvalue weighted by molar-refractivity contribution is -0.384. The highest BCUT2D eigenvalue weighted by Gasteiger charge is 2.50. The first-order valence-electron chi connectivity index (χ1n) is 28.8. The maximum atomic E-state index is 13.5. The molecule has 4 aromatic heterocycles. The van der Waals surface area contributed by atoms with Crippen molar-refractivity contribution >= 4 is 40.5 Å². The minimum absolute atomic E-state index is 0.000216. The molecule has 1 saturated carbocycles. The van der Waals surface area contributed by atoms with Gasteiger partial charge in [0.1, 0.15) is 11.7 Å². The van der Waals surface area contributed by atoms with E-state index >= 15 is 0 Å². The number of benzene rings is 4. The average Bonchev–Trinajstić information content (AvgIpc) is 2.07. The maximum absolute atomic E-state index is 13.5. The van der Waals surface area contributed by atoms with E-state index in [2.05, 4.69) is 47.9 Å². The number of rotatable bonds is 10. The summed E-state index contributed by atoms with van der Waals surface area (Å²) in [4.78, 5) is 65.7. The number of hydrogen-bond acceptors (Lipinski definition) is 14. The normalized spacial score (nSPS) is 16.9. The molecule has 19 nitrogen and oxygen atoms in total. The molecule has 0 saturated heterocycles. The van der Waals surface area contributed by atoms with Gasteiger partial charge in [-0.1, -0.05) is 114 Å². The van der Waals surface area contributed by atoms with Gasteiger partial charge in [-0.2, -0.15) is 0 Å². The molecule has 13 rings (SSSR count). The number of halogens is 4. The zero-order valence-electron chi connectivity index (χ0n) is 48.5. The topological polar surface area (TPSA) is 225 Å². The van der Waals surface area contributed by atoms with Crippen molar-refractivity contribution in [2.45, 2.75) is 109 Å². The van der Waals surface area contributed by atoms with Crippen molar-refractivity contribution in [3.8, 4) is 23.0 Å². The van der Waals surface area contributed by atoms with E-state index in [9.17, 15) is 54.1 Å². The number of fused-ring (bicyclic) bond motifs is 4. The first-order chi connectivity index (χ1) is 42.1. The smallest absolute Gasteiger partial charge is 0.288 e. The van der Waals surface area contributed by atoms with Gasteiger partial charge in [-0.05, 0) is 61.1 Å². The van der Waals surface area contributed by atoms with Gasteiger partial charge in [0.2, 0.25) is 21.7 Å². The molecular weight excluding hydrogens is 1190 g/mol. The van der Waals surface area contributed by atoms with Crippen molar-refractivity contribution in [3.05, 3.63) is 257 Å². The highest BCUT2D eigenvalue weighted by Crippen LogP contribution is 2.52. The van der Waals surface area contributed by atoms with Crippen molar-refractivity contribution in [1.29, 1.82) is 0 Å². The molecule has 4 aromatic carbocycles. The Morgan fingerprint density at radius 3 is 1.60 bits per heavy atom. The molecule has 8 aromatic rings. The monoisotopic (exact) mass is 1260 g/mol. The number of alkyl halides is 1. The van der Waals surface area contributed by atoms with E-state index in [0.29, 0.717) is 69.5 Å². The zero-order chi connectivity index (χ0) is 62.6. The van der Waals surface area contributed by atoms with Crippen LogP contribution in [-0.4, -0.2) is 95.1 Å². The highest BCUT2D eigenvalue weighted by atomic mass is 35.5. The molecule has 4 N–H and O–H groups in total. The summed E-state index contributed by atoms with van der Waals surface area (Å²) in [6.07, 6.45) is 8.35. The lowest BCUT2D eigenvalue weighted by Gasteiger charge is -2.44. The SMILES string of the molecule is CC1(C)Cn2cc(O)c(=O)cc2CN1Cc1ccccc1Cl.O=c1cc2n(cc1O)CCN(C(CF)c1ccccc1)C2.O=c1cc2n(cc1O)CCN(C1(c3ccccc3)CC1)C2.O=c1cc2n(cc1O)CCN(Cc1cc([N+](=O)[O-])c(Cl)cc1Cl)C2. The van der Waals surface area contributed by atoms with E-state index in [4.69, 9.17) is 34.8 Å². The minimum atomic E-state index is -0.546. The van der Waals surface area contributed by atoms with Gasteiger partial charge in [-0.3, -0.25) is 48.9 Å². The maximum Gasteiger partial charge on any atom is 0.288 e. The summed E-state index contributed by atoms with van der Waals surface area (Å²) in [6.45, 7) is 12.4. The highest BCUT2D eigenvalue weighted by molar-refractivity contribution is 6.36. The molecule has 88 heavy (non-hydrogen) atoms. The van der Waals surface area contributed by atoms with Crippen LogP contribution in [0.4, 0.5) is 10.1 Å². The van der Waals surface area contributed by atoms with Crippen LogP contribution >= 0.6 is 34.8 Å². The third-order valence-corrected chi connectivity index (χ3v) is 18.0. The molecule has 460 valence electrons. The van der Waals surface area contributed by atoms with Crippen molar-refractivity contribution in [2.75, 3.05) is 26.3 Å². The third kappa shape index (κ3) is 14.2. The lowest BCUT2D eigenvalue weighted by atomic mass is 9.97. The van der Waals surface area contributed by atoms with Crippen LogP contribution in [0.5, 0.6) is 23.0 Å². The number of hydrogen-bond donors (Lipinski definition) is 4. The second-order valence-electron chi connectivity index (χ2n) is 23.3. The number of nitro groups is 1. The second kappa shape index (κ2) is 26.7. The van der Waals surface area contributed by atoms with E-state index in [1.165, 1.54) is 67.3 Å². The summed E-state index contributed by atoms with van der Waals surface area (Å²) in [7, 11) is 0. The van der Waals surface area contributed by atoms with Crippen LogP contribution in [0.25, 0.3) is 0 Å². The molecule has 0 amide bonds. The molecule has 23 heteroatoms. The Bertz CT molecular complexity index is 4120. The molecule has 5 aliphatic rings. The fourth-order valence-corrected chi connectivity index (χ4v) is 12.6. The van der Waals surface area contributed by atoms with Crippen molar-refractivity contribution in [3.63, 3.8) is 0 Å². The predicted octanol–water partition coefficient (Wildman–Crippen LogP) is 9.93. The Morgan fingerprint density at radius 2 is 1.05 bits per heavy atom. The second-order valence-corrected chi connectivity index (χ2v) is 24.5. The van der Waals surface area contributed by atoms with Gasteiger partial charge in [0.15, 0.2) is 23.0 Å². The number of aromatic hydroxyl groups is 4. The van der Waals surface area contributed by atoms with E-state index in [-0.39, 0.29) is 67.1 Å². The van der Waals surface area contributed by atoms with Gasteiger partial charge in [-0.15, -0.1) is 0 Å². The predicted molar refractivity (Wildman–Crippen MR) is 335 cm³/mol. The van der Waals surface area contributed by atoms with Crippen molar-refractivity contribution in [2.24, 2.45) is 0 Å². The molecule has 1 unspecified atom stereocenters. The van der Waals surface area contributed by atoms with Gasteiger partial charge in [0, 0.05) is 159 Å². The molecule has 4 aliphatic heterocycles. The number of aromatic nitrogens is 4. The molecule has 0 radical (unpaired) electrons. The van der Waals surface area contributed by atoms with Crippen molar-refractivity contribution < 1.29 is 29.7 Å². The molecule has 1 aliphatic carbocycles. The molecular formula is C65H67Cl3FN9O10. The standard InChI is InChI=1S/C17H19ClN2O2.C17H18N2O2.C16H17FN2O2.C15H13Cl2N3O4/c1-17(2)11-19-10-16(22)15(21)7-13(19)9-20(17)8-12-5-3-4-6-14(12)18;20-15-10-14-11-19(9-8-18(14)12-16(15)21)17(6-7-17)13-4-2-1-3-5-13;17-9-14(12-4-2-1-3-5-12)19-7-6-18-11-16(21)15(20)8-13(18)10-19;16-11-5-12(17)13(20(23)24)3-9(11)6-18-1-2-19-8-15(22)14(21)4-10(19)7-18/h3-7,10,22H,8-9,11H2,1-2H3;1-5,10,12,21H,6-9,11H2;1-5,8,11,14,21H,6-7,9-10H2;3-5,8,22H,1-2,6-7H2. The van der Waals surface area contributed by atoms with Crippen LogP contribution in [0, 0.1) is 10.1 Å². The van der Waals surface area contributed by atoms with Crippen LogP contribution in [0.3, 0.4) is 0 Å². The van der Waals surface area contributed by atoms with Gasteiger partial charge in [-0.25, -0.2) is 4.39 Å². The first kappa shape index (κ1) is 63.0. The Labute approximate surface area is 521 Å².